The lowest BCUT2D eigenvalue weighted by molar-refractivity contribution is 0.604. The van der Waals surface area contributed by atoms with Crippen molar-refractivity contribution in [2.45, 2.75) is 32.7 Å². The Bertz CT molecular complexity index is 859. The van der Waals surface area contributed by atoms with Gasteiger partial charge in [0.1, 0.15) is 11.3 Å². The van der Waals surface area contributed by atoms with Crippen LogP contribution in [0.1, 0.15) is 35.5 Å². The third-order valence-corrected chi connectivity index (χ3v) is 5.81. The van der Waals surface area contributed by atoms with Crippen LogP contribution in [0.4, 0.5) is 5.82 Å². The van der Waals surface area contributed by atoms with Gasteiger partial charge in [-0.1, -0.05) is 20.8 Å². The van der Waals surface area contributed by atoms with Crippen LogP contribution >= 0.6 is 22.7 Å². The molecule has 6 nitrogen and oxygen atoms in total. The minimum Gasteiger partial charge on any atom is -0.315 e. The normalized spacial score (nSPS) is 12.3. The molecule has 0 fully saturated rings. The summed E-state index contributed by atoms with van der Waals surface area (Å²) in [5, 5.41) is 8.25. The second kappa shape index (κ2) is 6.92. The van der Waals surface area contributed by atoms with Gasteiger partial charge in [-0.15, -0.1) is 22.7 Å². The number of thiazole rings is 1. The molecule has 0 saturated carbocycles. The van der Waals surface area contributed by atoms with Crippen LogP contribution < -0.4 is 10.7 Å². The summed E-state index contributed by atoms with van der Waals surface area (Å²) < 4.78 is 1.02. The molecular formula is C16H20N6S2. The molecule has 0 amide bonds. The fraction of sp³-hybridized carbons (Fsp3) is 0.375. The van der Waals surface area contributed by atoms with E-state index in [4.69, 9.17) is 0 Å². The summed E-state index contributed by atoms with van der Waals surface area (Å²) in [5.74, 6) is 0.726. The Morgan fingerprint density at radius 3 is 2.79 bits per heavy atom. The van der Waals surface area contributed by atoms with Crippen molar-refractivity contribution in [3.63, 3.8) is 0 Å². The first-order chi connectivity index (χ1) is 11.5. The maximum absolute atomic E-state index is 4.36. The average molecular weight is 361 g/mol. The van der Waals surface area contributed by atoms with Crippen LogP contribution in [0.2, 0.25) is 0 Å². The Kier molecular flexibility index (Phi) is 4.88. The molecule has 0 saturated heterocycles. The van der Waals surface area contributed by atoms with Gasteiger partial charge in [-0.2, -0.15) is 5.10 Å². The lowest BCUT2D eigenvalue weighted by atomic mass is 9.95. The molecule has 3 rings (SSSR count). The summed E-state index contributed by atoms with van der Waals surface area (Å²) in [4.78, 5) is 15.5. The number of rotatable bonds is 5. The molecular weight excluding hydrogens is 340 g/mol. The van der Waals surface area contributed by atoms with Crippen LogP contribution in [0.3, 0.4) is 0 Å². The Labute approximate surface area is 149 Å². The van der Waals surface area contributed by atoms with Crippen molar-refractivity contribution in [2.75, 3.05) is 12.5 Å². The highest BCUT2D eigenvalue weighted by Gasteiger charge is 2.18. The lowest BCUT2D eigenvalue weighted by Crippen LogP contribution is -2.07. The smallest absolute Gasteiger partial charge is 0.167 e. The molecule has 24 heavy (non-hydrogen) atoms. The van der Waals surface area contributed by atoms with Crippen LogP contribution in [0.5, 0.6) is 0 Å². The van der Waals surface area contributed by atoms with E-state index in [9.17, 15) is 0 Å². The van der Waals surface area contributed by atoms with E-state index in [0.717, 1.165) is 27.6 Å². The highest BCUT2D eigenvalue weighted by molar-refractivity contribution is 7.19. The molecule has 3 aromatic rings. The zero-order valence-corrected chi connectivity index (χ0v) is 15.8. The summed E-state index contributed by atoms with van der Waals surface area (Å²) in [6.45, 7) is 7.40. The third kappa shape index (κ3) is 3.77. The van der Waals surface area contributed by atoms with Gasteiger partial charge >= 0.3 is 0 Å². The first-order valence-corrected chi connectivity index (χ1v) is 9.24. The third-order valence-electron chi connectivity index (χ3n) is 3.32. The van der Waals surface area contributed by atoms with Gasteiger partial charge in [0.05, 0.1) is 16.4 Å². The van der Waals surface area contributed by atoms with E-state index in [2.05, 4.69) is 57.6 Å². The van der Waals surface area contributed by atoms with Gasteiger partial charge in [0.15, 0.2) is 5.82 Å². The van der Waals surface area contributed by atoms with Crippen LogP contribution in [0.15, 0.2) is 23.7 Å². The van der Waals surface area contributed by atoms with Crippen molar-refractivity contribution in [2.24, 2.45) is 5.10 Å². The summed E-state index contributed by atoms with van der Waals surface area (Å²) in [5.41, 5.74) is 4.06. The molecule has 8 heteroatoms. The number of hydrogen-bond donors (Lipinski definition) is 2. The summed E-state index contributed by atoms with van der Waals surface area (Å²) in [6.07, 6.45) is 5.14. The van der Waals surface area contributed by atoms with Gasteiger partial charge < -0.3 is 5.32 Å². The van der Waals surface area contributed by atoms with E-state index in [0.29, 0.717) is 0 Å². The maximum atomic E-state index is 4.36. The van der Waals surface area contributed by atoms with Crippen molar-refractivity contribution in [3.8, 4) is 0 Å². The molecule has 0 atom stereocenters. The number of nitrogens with one attached hydrogen (secondary N) is 2. The maximum Gasteiger partial charge on any atom is 0.167 e. The first-order valence-electron chi connectivity index (χ1n) is 7.61. The fourth-order valence-electron chi connectivity index (χ4n) is 2.09. The molecule has 0 aliphatic rings. The Hall–Kier alpha value is -1.90. The van der Waals surface area contributed by atoms with Crippen LogP contribution in [0, 0.1) is 0 Å². The largest absolute Gasteiger partial charge is 0.315 e. The molecule has 0 aliphatic heterocycles. The number of nitrogens with zero attached hydrogens (tertiary/aromatic N) is 4. The average Bonchev–Trinajstić information content (AvgIpc) is 3.14. The number of anilines is 1. The van der Waals surface area contributed by atoms with Gasteiger partial charge in [-0.05, 0) is 18.5 Å². The van der Waals surface area contributed by atoms with Crippen LogP contribution in [-0.4, -0.2) is 28.2 Å². The predicted octanol–water partition coefficient (Wildman–Crippen LogP) is 3.61. The van der Waals surface area contributed by atoms with E-state index in [1.165, 1.54) is 9.75 Å². The quantitative estimate of drug-likeness (QED) is 0.537. The van der Waals surface area contributed by atoms with E-state index in [-0.39, 0.29) is 5.41 Å². The Morgan fingerprint density at radius 1 is 1.21 bits per heavy atom. The van der Waals surface area contributed by atoms with Crippen molar-refractivity contribution < 1.29 is 0 Å². The molecule has 2 N–H and O–H groups in total. The Morgan fingerprint density at radius 2 is 2.04 bits per heavy atom. The molecule has 3 heterocycles. The number of hydrazone groups is 1. The molecule has 3 aromatic heterocycles. The van der Waals surface area contributed by atoms with E-state index < -0.39 is 0 Å². The first kappa shape index (κ1) is 16.9. The summed E-state index contributed by atoms with van der Waals surface area (Å²) >= 11 is 3.32. The predicted molar refractivity (Wildman–Crippen MR) is 102 cm³/mol. The summed E-state index contributed by atoms with van der Waals surface area (Å²) in [6, 6.07) is 2.13. The second-order valence-electron chi connectivity index (χ2n) is 6.36. The van der Waals surface area contributed by atoms with Crippen molar-refractivity contribution in [1.29, 1.82) is 0 Å². The van der Waals surface area contributed by atoms with Gasteiger partial charge in [-0.3, -0.25) is 5.43 Å². The Balaban J connectivity index is 1.79. The van der Waals surface area contributed by atoms with E-state index >= 15 is 0 Å². The summed E-state index contributed by atoms with van der Waals surface area (Å²) in [7, 11) is 1.92. The lowest BCUT2D eigenvalue weighted by Gasteiger charge is -2.14. The minimum atomic E-state index is 0.0938. The number of hydrogen-bond acceptors (Lipinski definition) is 8. The highest BCUT2D eigenvalue weighted by Crippen LogP contribution is 2.35. The standard InChI is InChI=1S/C16H20N6S2/c1-16(2,3)12-5-11-14(24-12)15(20-9-19-11)22-21-8-13-18-7-10(23-13)6-17-4/h5,7-9,17H,6H2,1-4H3,(H,19,20,22). The van der Waals surface area contributed by atoms with Gasteiger partial charge in [-0.25, -0.2) is 15.0 Å². The van der Waals surface area contributed by atoms with Crippen molar-refractivity contribution >= 4 is 44.9 Å². The topological polar surface area (TPSA) is 75.1 Å². The van der Waals surface area contributed by atoms with Crippen molar-refractivity contribution in [1.82, 2.24) is 20.3 Å². The molecule has 0 spiro atoms. The number of fused-ring (bicyclic) bond motifs is 1. The van der Waals surface area contributed by atoms with E-state index in [1.807, 2.05) is 13.2 Å². The van der Waals surface area contributed by atoms with E-state index in [1.54, 1.807) is 35.2 Å². The van der Waals surface area contributed by atoms with Gasteiger partial charge in [0.25, 0.3) is 0 Å². The molecule has 0 aromatic carbocycles. The highest BCUT2D eigenvalue weighted by atomic mass is 32.1. The zero-order chi connectivity index (χ0) is 17.2. The second-order valence-corrected chi connectivity index (χ2v) is 8.56. The number of thiophene rings is 1. The van der Waals surface area contributed by atoms with Crippen molar-refractivity contribution in [3.05, 3.63) is 33.4 Å². The molecule has 0 radical (unpaired) electrons. The monoisotopic (exact) mass is 360 g/mol. The fourth-order valence-corrected chi connectivity index (χ4v) is 4.00. The SMILES string of the molecule is CNCc1cnc(C=NNc2ncnc3cc(C(C)(C)C)sc23)s1. The molecule has 0 aliphatic carbocycles. The zero-order valence-electron chi connectivity index (χ0n) is 14.1. The van der Waals surface area contributed by atoms with Crippen LogP contribution in [-0.2, 0) is 12.0 Å². The van der Waals surface area contributed by atoms with Gasteiger partial charge in [0, 0.05) is 22.5 Å². The molecule has 0 unspecified atom stereocenters. The van der Waals surface area contributed by atoms with Gasteiger partial charge in [0.2, 0.25) is 0 Å². The van der Waals surface area contributed by atoms with Crippen LogP contribution in [0.25, 0.3) is 10.2 Å². The minimum absolute atomic E-state index is 0.0938. The molecule has 126 valence electrons. The molecule has 0 bridgehead atoms. The number of aromatic nitrogens is 3.